The normalized spacial score (nSPS) is 10.8. The minimum atomic E-state index is 0.739. The molecule has 1 N–H and O–H groups in total. The molecule has 0 saturated carbocycles. The molecule has 1 rings (SSSR count). The molecule has 0 radical (unpaired) electrons. The Hall–Kier alpha value is 0.240. The van der Waals surface area contributed by atoms with E-state index in [2.05, 4.69) is 21.2 Å². The van der Waals surface area contributed by atoms with Crippen LogP contribution in [0, 0.1) is 0 Å². The van der Waals surface area contributed by atoms with Gasteiger partial charge in [-0.15, -0.1) is 0 Å². The number of unbranched alkanes of at least 4 members (excludes halogenated alkanes) is 3. The smallest absolute Gasteiger partial charge is 0.0451 e. The summed E-state index contributed by atoms with van der Waals surface area (Å²) in [7, 11) is 0. The van der Waals surface area contributed by atoms with Crippen LogP contribution in [-0.4, -0.2) is 11.9 Å². The van der Waals surface area contributed by atoms with Crippen molar-refractivity contribution in [1.29, 1.82) is 0 Å². The summed E-state index contributed by atoms with van der Waals surface area (Å²) in [5.74, 6) is 0. The van der Waals surface area contributed by atoms with E-state index in [1.54, 1.807) is 0 Å². The first-order chi connectivity index (χ1) is 8.24. The minimum absolute atomic E-state index is 0.739. The highest BCUT2D eigenvalue weighted by Crippen LogP contribution is 2.20. The molecule has 0 amide bonds. The maximum atomic E-state index is 6.07. The molecule has 0 heterocycles. The van der Waals surface area contributed by atoms with Crippen molar-refractivity contribution in [3.8, 4) is 0 Å². The van der Waals surface area contributed by atoms with Gasteiger partial charge in [-0.25, -0.2) is 0 Å². The predicted molar refractivity (Wildman–Crippen MR) is 80.4 cm³/mol. The number of alkyl halides is 1. The average molecular weight is 339 g/mol. The molecular weight excluding hydrogens is 321 g/mol. The average Bonchev–Trinajstić information content (AvgIpc) is 2.32. The molecular formula is C13H18BrCl2N. The van der Waals surface area contributed by atoms with Crippen LogP contribution in [-0.2, 0) is 6.54 Å². The molecule has 0 aliphatic rings. The van der Waals surface area contributed by atoms with E-state index in [0.29, 0.717) is 0 Å². The molecule has 1 nitrogen and oxygen atoms in total. The number of hydrogen-bond donors (Lipinski definition) is 1. The van der Waals surface area contributed by atoms with Crippen molar-refractivity contribution in [1.82, 2.24) is 5.32 Å². The summed E-state index contributed by atoms with van der Waals surface area (Å²) in [6, 6.07) is 5.58. The van der Waals surface area contributed by atoms with E-state index < -0.39 is 0 Å². The summed E-state index contributed by atoms with van der Waals surface area (Å²) in [5, 5.41) is 6.02. The second kappa shape index (κ2) is 9.21. The molecule has 0 aliphatic heterocycles. The molecule has 0 atom stereocenters. The first-order valence-corrected chi connectivity index (χ1v) is 7.82. The van der Waals surface area contributed by atoms with Gasteiger partial charge in [0.05, 0.1) is 0 Å². The second-order valence-corrected chi connectivity index (χ2v) is 5.65. The summed E-state index contributed by atoms with van der Waals surface area (Å²) in [4.78, 5) is 0. The fourth-order valence-corrected chi connectivity index (χ4v) is 2.38. The number of benzene rings is 1. The Morgan fingerprint density at radius 2 is 1.82 bits per heavy atom. The Morgan fingerprint density at radius 3 is 2.59 bits per heavy atom. The minimum Gasteiger partial charge on any atom is -0.313 e. The van der Waals surface area contributed by atoms with Gasteiger partial charge >= 0.3 is 0 Å². The maximum absolute atomic E-state index is 6.07. The Labute approximate surface area is 122 Å². The first kappa shape index (κ1) is 15.3. The van der Waals surface area contributed by atoms with E-state index in [1.807, 2.05) is 18.2 Å². The zero-order valence-electron chi connectivity index (χ0n) is 9.82. The lowest BCUT2D eigenvalue weighted by molar-refractivity contribution is 0.600. The maximum Gasteiger partial charge on any atom is 0.0451 e. The number of halogens is 3. The summed E-state index contributed by atoms with van der Waals surface area (Å²) in [5.41, 5.74) is 1.07. The Kier molecular flexibility index (Phi) is 8.29. The third kappa shape index (κ3) is 6.66. The van der Waals surface area contributed by atoms with Crippen LogP contribution in [0.5, 0.6) is 0 Å². The van der Waals surface area contributed by atoms with Crippen LogP contribution in [0.25, 0.3) is 0 Å². The lowest BCUT2D eigenvalue weighted by atomic mass is 10.2. The Morgan fingerprint density at radius 1 is 1.06 bits per heavy atom. The third-order valence-electron chi connectivity index (χ3n) is 2.56. The van der Waals surface area contributed by atoms with E-state index in [4.69, 9.17) is 23.2 Å². The topological polar surface area (TPSA) is 12.0 Å². The van der Waals surface area contributed by atoms with Crippen molar-refractivity contribution in [2.75, 3.05) is 11.9 Å². The van der Waals surface area contributed by atoms with Gasteiger partial charge < -0.3 is 5.32 Å². The van der Waals surface area contributed by atoms with Crippen LogP contribution in [0.15, 0.2) is 18.2 Å². The Balaban J connectivity index is 2.15. The van der Waals surface area contributed by atoms with Gasteiger partial charge in [0.2, 0.25) is 0 Å². The standard InChI is InChI=1S/C13H18BrCl2N/c14-7-3-1-2-4-8-17-10-11-9-12(15)5-6-13(11)16/h5-6,9,17H,1-4,7-8,10H2. The number of hydrogen-bond acceptors (Lipinski definition) is 1. The molecule has 0 unspecified atom stereocenters. The zero-order chi connectivity index (χ0) is 12.5. The SMILES string of the molecule is Clc1ccc(Cl)c(CNCCCCCCBr)c1. The third-order valence-corrected chi connectivity index (χ3v) is 3.72. The molecule has 17 heavy (non-hydrogen) atoms. The van der Waals surface area contributed by atoms with Gasteiger partial charge in [-0.1, -0.05) is 52.0 Å². The van der Waals surface area contributed by atoms with E-state index in [1.165, 1.54) is 25.7 Å². The summed E-state index contributed by atoms with van der Waals surface area (Å²) >= 11 is 15.4. The largest absolute Gasteiger partial charge is 0.313 e. The van der Waals surface area contributed by atoms with E-state index in [0.717, 1.165) is 34.0 Å². The van der Waals surface area contributed by atoms with Gasteiger partial charge in [-0.3, -0.25) is 0 Å². The van der Waals surface area contributed by atoms with E-state index >= 15 is 0 Å². The summed E-state index contributed by atoms with van der Waals surface area (Å²) in [6.45, 7) is 1.82. The summed E-state index contributed by atoms with van der Waals surface area (Å²) in [6.07, 6.45) is 5.05. The van der Waals surface area contributed by atoms with Crippen molar-refractivity contribution in [3.63, 3.8) is 0 Å². The second-order valence-electron chi connectivity index (χ2n) is 4.02. The lowest BCUT2D eigenvalue weighted by Crippen LogP contribution is -2.14. The van der Waals surface area contributed by atoms with Gasteiger partial charge in [0.15, 0.2) is 0 Å². The molecule has 4 heteroatoms. The lowest BCUT2D eigenvalue weighted by Gasteiger charge is -2.07. The van der Waals surface area contributed by atoms with Crippen molar-refractivity contribution in [3.05, 3.63) is 33.8 Å². The molecule has 0 spiro atoms. The highest BCUT2D eigenvalue weighted by molar-refractivity contribution is 9.09. The highest BCUT2D eigenvalue weighted by atomic mass is 79.9. The van der Waals surface area contributed by atoms with Crippen LogP contribution < -0.4 is 5.32 Å². The van der Waals surface area contributed by atoms with Gasteiger partial charge in [0.25, 0.3) is 0 Å². The van der Waals surface area contributed by atoms with E-state index in [9.17, 15) is 0 Å². The van der Waals surface area contributed by atoms with Crippen LogP contribution in [0.3, 0.4) is 0 Å². The van der Waals surface area contributed by atoms with Crippen molar-refractivity contribution >= 4 is 39.1 Å². The molecule has 1 aromatic carbocycles. The van der Waals surface area contributed by atoms with Gasteiger partial charge in [0, 0.05) is 21.9 Å². The van der Waals surface area contributed by atoms with Gasteiger partial charge in [0.1, 0.15) is 0 Å². The first-order valence-electron chi connectivity index (χ1n) is 5.94. The molecule has 1 aromatic rings. The Bertz CT molecular complexity index is 331. The molecule has 96 valence electrons. The number of nitrogens with one attached hydrogen (secondary N) is 1. The van der Waals surface area contributed by atoms with E-state index in [-0.39, 0.29) is 0 Å². The quantitative estimate of drug-likeness (QED) is 0.517. The van der Waals surface area contributed by atoms with Crippen molar-refractivity contribution < 1.29 is 0 Å². The summed E-state index contributed by atoms with van der Waals surface area (Å²) < 4.78 is 0. The zero-order valence-corrected chi connectivity index (χ0v) is 12.9. The van der Waals surface area contributed by atoms with Gasteiger partial charge in [-0.05, 0) is 43.1 Å². The molecule has 0 bridgehead atoms. The van der Waals surface area contributed by atoms with Crippen LogP contribution in [0.2, 0.25) is 10.0 Å². The molecule has 0 aliphatic carbocycles. The van der Waals surface area contributed by atoms with Crippen molar-refractivity contribution in [2.24, 2.45) is 0 Å². The fraction of sp³-hybridized carbons (Fsp3) is 0.538. The highest BCUT2D eigenvalue weighted by Gasteiger charge is 2.00. The fourth-order valence-electron chi connectivity index (χ4n) is 1.60. The van der Waals surface area contributed by atoms with Crippen LogP contribution >= 0.6 is 39.1 Å². The van der Waals surface area contributed by atoms with Crippen LogP contribution in [0.4, 0.5) is 0 Å². The van der Waals surface area contributed by atoms with Crippen molar-refractivity contribution in [2.45, 2.75) is 32.2 Å². The monoisotopic (exact) mass is 337 g/mol. The van der Waals surface area contributed by atoms with Gasteiger partial charge in [-0.2, -0.15) is 0 Å². The molecule has 0 aromatic heterocycles. The molecule has 0 saturated heterocycles. The number of rotatable bonds is 8. The van der Waals surface area contributed by atoms with Crippen LogP contribution in [0.1, 0.15) is 31.2 Å². The molecule has 0 fully saturated rings. The predicted octanol–water partition coefficient (Wildman–Crippen LogP) is 5.04.